The fourth-order valence-corrected chi connectivity index (χ4v) is 5.42. The number of aliphatic hydroxyl groups excluding tert-OH is 1. The molecule has 0 saturated carbocycles. The van der Waals surface area contributed by atoms with Gasteiger partial charge in [0.05, 0.1) is 28.4 Å². The molecular formula is C29H23ClN2O4S. The molecule has 1 unspecified atom stereocenters. The zero-order chi connectivity index (χ0) is 25.9. The van der Waals surface area contributed by atoms with Gasteiger partial charge in [-0.1, -0.05) is 78.4 Å². The van der Waals surface area contributed by atoms with E-state index in [0.717, 1.165) is 16.7 Å². The lowest BCUT2D eigenvalue weighted by Gasteiger charge is -2.24. The topological polar surface area (TPSA) is 79.7 Å². The quantitative estimate of drug-likeness (QED) is 0.250. The van der Waals surface area contributed by atoms with Crippen molar-refractivity contribution in [1.82, 2.24) is 4.98 Å². The fourth-order valence-electron chi connectivity index (χ4n) is 4.15. The van der Waals surface area contributed by atoms with Crippen molar-refractivity contribution in [1.29, 1.82) is 0 Å². The number of rotatable bonds is 8. The SMILES string of the molecule is CCCOc1ccc(C2C(C(=O)C=Cc3ccccc3)=C(O)C(=O)N2c2nc3ccc(Cl)cc3s2)cc1. The lowest BCUT2D eigenvalue weighted by Crippen LogP contribution is -2.30. The molecular weight excluding hydrogens is 508 g/mol. The smallest absolute Gasteiger partial charge is 0.296 e. The van der Waals surface area contributed by atoms with Gasteiger partial charge in [-0.3, -0.25) is 14.5 Å². The van der Waals surface area contributed by atoms with E-state index in [9.17, 15) is 14.7 Å². The van der Waals surface area contributed by atoms with Gasteiger partial charge in [-0.25, -0.2) is 4.98 Å². The number of carbonyl (C=O) groups is 2. The maximum atomic E-state index is 13.4. The maximum Gasteiger partial charge on any atom is 0.296 e. The van der Waals surface area contributed by atoms with Crippen LogP contribution in [0.5, 0.6) is 5.75 Å². The van der Waals surface area contributed by atoms with Crippen molar-refractivity contribution in [2.24, 2.45) is 0 Å². The Labute approximate surface area is 223 Å². The third kappa shape index (κ3) is 5.01. The summed E-state index contributed by atoms with van der Waals surface area (Å²) in [5.74, 6) is -1.05. The molecule has 1 N–H and O–H groups in total. The molecule has 4 aromatic rings. The van der Waals surface area contributed by atoms with Gasteiger partial charge in [0, 0.05) is 5.02 Å². The van der Waals surface area contributed by atoms with Crippen LogP contribution in [0.3, 0.4) is 0 Å². The lowest BCUT2D eigenvalue weighted by molar-refractivity contribution is -0.117. The number of ether oxygens (including phenoxy) is 1. The minimum atomic E-state index is -0.864. The van der Waals surface area contributed by atoms with E-state index >= 15 is 0 Å². The van der Waals surface area contributed by atoms with E-state index < -0.39 is 23.5 Å². The minimum Gasteiger partial charge on any atom is -0.503 e. The van der Waals surface area contributed by atoms with Crippen LogP contribution in [0.4, 0.5) is 5.13 Å². The van der Waals surface area contributed by atoms with Crippen molar-refractivity contribution in [2.45, 2.75) is 19.4 Å². The normalized spacial score (nSPS) is 15.8. The number of anilines is 1. The van der Waals surface area contributed by atoms with E-state index in [2.05, 4.69) is 4.98 Å². The Bertz CT molecular complexity index is 1530. The number of benzene rings is 3. The molecule has 186 valence electrons. The van der Waals surface area contributed by atoms with Crippen LogP contribution in [0.25, 0.3) is 16.3 Å². The number of aliphatic hydroxyl groups is 1. The first-order chi connectivity index (χ1) is 18.0. The van der Waals surface area contributed by atoms with E-state index in [0.29, 0.717) is 33.6 Å². The van der Waals surface area contributed by atoms with Gasteiger partial charge in [-0.05, 0) is 54.0 Å². The van der Waals surface area contributed by atoms with Crippen molar-refractivity contribution in [2.75, 3.05) is 11.5 Å². The molecule has 0 spiro atoms. The van der Waals surface area contributed by atoms with Gasteiger partial charge in [0.2, 0.25) is 0 Å². The van der Waals surface area contributed by atoms with Crippen molar-refractivity contribution in [3.05, 3.63) is 106 Å². The molecule has 0 radical (unpaired) electrons. The van der Waals surface area contributed by atoms with E-state index in [1.165, 1.54) is 22.3 Å². The lowest BCUT2D eigenvalue weighted by atomic mass is 9.95. The summed E-state index contributed by atoms with van der Waals surface area (Å²) in [5.41, 5.74) is 2.14. The number of ketones is 1. The Kier molecular flexibility index (Phi) is 7.08. The number of fused-ring (bicyclic) bond motifs is 1. The average Bonchev–Trinajstić information content (AvgIpc) is 3.44. The summed E-state index contributed by atoms with van der Waals surface area (Å²) in [6.07, 6.45) is 3.91. The van der Waals surface area contributed by atoms with Crippen LogP contribution in [0.15, 0.2) is 90.2 Å². The number of halogens is 1. The number of hydrogen-bond acceptors (Lipinski definition) is 6. The number of hydrogen-bond donors (Lipinski definition) is 1. The summed E-state index contributed by atoms with van der Waals surface area (Å²) in [6.45, 7) is 2.60. The molecule has 3 aromatic carbocycles. The summed E-state index contributed by atoms with van der Waals surface area (Å²) in [5, 5.41) is 11.9. The first kappa shape index (κ1) is 24.7. The standard InChI is InChI=1S/C29H23ClN2O4S/c1-2-16-36-21-12-9-19(10-13-21)26-25(23(33)15-8-18-6-4-3-5-7-18)27(34)28(35)32(26)29-31-22-14-11-20(30)17-24(22)37-29/h3-15,17,26,34H,2,16H2,1H3. The van der Waals surface area contributed by atoms with Gasteiger partial charge in [-0.2, -0.15) is 0 Å². The molecule has 6 nitrogen and oxygen atoms in total. The van der Waals surface area contributed by atoms with Gasteiger partial charge in [-0.15, -0.1) is 0 Å². The molecule has 0 aliphatic carbocycles. The summed E-state index contributed by atoms with van der Waals surface area (Å²) in [7, 11) is 0. The largest absolute Gasteiger partial charge is 0.503 e. The molecule has 1 aliphatic rings. The molecule has 0 saturated heterocycles. The van der Waals surface area contributed by atoms with E-state index in [4.69, 9.17) is 16.3 Å². The number of carbonyl (C=O) groups excluding carboxylic acids is 2. The highest BCUT2D eigenvalue weighted by molar-refractivity contribution is 7.22. The number of amides is 1. The van der Waals surface area contributed by atoms with Crippen LogP contribution in [0.1, 0.15) is 30.5 Å². The van der Waals surface area contributed by atoms with Gasteiger partial charge in [0.1, 0.15) is 5.75 Å². The van der Waals surface area contributed by atoms with Crippen LogP contribution in [0.2, 0.25) is 5.02 Å². The Morgan fingerprint density at radius 1 is 1.14 bits per heavy atom. The number of allylic oxidation sites excluding steroid dienone is 1. The summed E-state index contributed by atoms with van der Waals surface area (Å²) in [6, 6.07) is 20.9. The molecule has 8 heteroatoms. The zero-order valence-electron chi connectivity index (χ0n) is 19.9. The monoisotopic (exact) mass is 530 g/mol. The highest BCUT2D eigenvalue weighted by atomic mass is 35.5. The van der Waals surface area contributed by atoms with Gasteiger partial charge in [0.15, 0.2) is 16.7 Å². The Balaban J connectivity index is 1.57. The summed E-state index contributed by atoms with van der Waals surface area (Å²) >= 11 is 7.42. The summed E-state index contributed by atoms with van der Waals surface area (Å²) in [4.78, 5) is 32.8. The molecule has 2 heterocycles. The van der Waals surface area contributed by atoms with Gasteiger partial charge < -0.3 is 9.84 Å². The molecule has 1 aromatic heterocycles. The van der Waals surface area contributed by atoms with Crippen LogP contribution < -0.4 is 9.64 Å². The van der Waals surface area contributed by atoms with Crippen LogP contribution in [0, 0.1) is 0 Å². The Morgan fingerprint density at radius 3 is 2.62 bits per heavy atom. The predicted molar refractivity (Wildman–Crippen MR) is 147 cm³/mol. The average molecular weight is 531 g/mol. The zero-order valence-corrected chi connectivity index (χ0v) is 21.5. The highest BCUT2D eigenvalue weighted by Crippen LogP contribution is 2.44. The van der Waals surface area contributed by atoms with E-state index in [1.54, 1.807) is 48.5 Å². The van der Waals surface area contributed by atoms with Crippen molar-refractivity contribution in [3.8, 4) is 5.75 Å². The predicted octanol–water partition coefficient (Wildman–Crippen LogP) is 6.92. The second-order valence-corrected chi connectivity index (χ2v) is 9.92. The van der Waals surface area contributed by atoms with Crippen molar-refractivity contribution in [3.63, 3.8) is 0 Å². The molecule has 1 aliphatic heterocycles. The number of thiazole rings is 1. The maximum absolute atomic E-state index is 13.4. The Hall–Kier alpha value is -3.94. The fraction of sp³-hybridized carbons (Fsp3) is 0.138. The molecule has 1 amide bonds. The molecule has 5 rings (SSSR count). The minimum absolute atomic E-state index is 0.00306. The molecule has 0 bridgehead atoms. The van der Waals surface area contributed by atoms with Crippen LogP contribution >= 0.6 is 22.9 Å². The first-order valence-corrected chi connectivity index (χ1v) is 13.0. The van der Waals surface area contributed by atoms with Crippen LogP contribution in [-0.2, 0) is 9.59 Å². The molecule has 1 atom stereocenters. The number of aromatic nitrogens is 1. The van der Waals surface area contributed by atoms with Crippen molar-refractivity contribution < 1.29 is 19.4 Å². The molecule has 37 heavy (non-hydrogen) atoms. The molecule has 0 fully saturated rings. The van der Waals surface area contributed by atoms with Gasteiger partial charge >= 0.3 is 0 Å². The Morgan fingerprint density at radius 2 is 1.89 bits per heavy atom. The highest BCUT2D eigenvalue weighted by Gasteiger charge is 2.45. The van der Waals surface area contributed by atoms with E-state index in [1.807, 2.05) is 37.3 Å². The van der Waals surface area contributed by atoms with E-state index in [-0.39, 0.29) is 5.57 Å². The third-order valence-corrected chi connectivity index (χ3v) is 7.17. The third-order valence-electron chi connectivity index (χ3n) is 5.91. The van der Waals surface area contributed by atoms with Crippen LogP contribution in [-0.4, -0.2) is 28.4 Å². The second-order valence-electron chi connectivity index (χ2n) is 8.47. The number of nitrogens with zero attached hydrogens (tertiary/aromatic N) is 2. The summed E-state index contributed by atoms with van der Waals surface area (Å²) < 4.78 is 6.49. The van der Waals surface area contributed by atoms with Gasteiger partial charge in [0.25, 0.3) is 5.91 Å². The van der Waals surface area contributed by atoms with Crippen molar-refractivity contribution >= 4 is 56.1 Å². The second kappa shape index (κ2) is 10.6. The first-order valence-electron chi connectivity index (χ1n) is 11.8.